The van der Waals surface area contributed by atoms with Gasteiger partial charge in [-0.1, -0.05) is 54.6 Å². The Balaban J connectivity index is 1.93. The molecule has 0 radical (unpaired) electrons. The van der Waals surface area contributed by atoms with Gasteiger partial charge in [0.15, 0.2) is 0 Å². The Labute approximate surface area is 170 Å². The molecule has 2 aromatic carbocycles. The van der Waals surface area contributed by atoms with E-state index in [1.54, 1.807) is 24.3 Å². The van der Waals surface area contributed by atoms with Crippen molar-refractivity contribution in [1.82, 2.24) is 5.32 Å². The molecule has 0 aliphatic carbocycles. The van der Waals surface area contributed by atoms with Crippen LogP contribution in [0.4, 0.5) is 0 Å². The summed E-state index contributed by atoms with van der Waals surface area (Å²) in [6.45, 7) is 1.48. The van der Waals surface area contributed by atoms with Crippen molar-refractivity contribution in [2.24, 2.45) is 0 Å². The maximum Gasteiger partial charge on any atom is 0.332 e. The van der Waals surface area contributed by atoms with Gasteiger partial charge < -0.3 is 19.8 Å². The first kappa shape index (κ1) is 22.8. The minimum absolute atomic E-state index is 0.176. The first-order chi connectivity index (χ1) is 13.7. The Morgan fingerprint density at radius 1 is 1.03 bits per heavy atom. The van der Waals surface area contributed by atoms with Crippen molar-refractivity contribution in [3.63, 3.8) is 0 Å². The van der Waals surface area contributed by atoms with Crippen LogP contribution in [0.5, 0.6) is 0 Å². The average Bonchev–Trinajstić information content (AvgIpc) is 2.71. The van der Waals surface area contributed by atoms with Crippen LogP contribution in [0.15, 0.2) is 54.6 Å². The van der Waals surface area contributed by atoms with Crippen LogP contribution in [0.3, 0.4) is 0 Å². The van der Waals surface area contributed by atoms with E-state index in [4.69, 9.17) is 4.74 Å². The summed E-state index contributed by atoms with van der Waals surface area (Å²) in [5, 5.41) is 2.72. The Kier molecular flexibility index (Phi) is 8.14. The number of carbonyl (C=O) groups is 2. The van der Waals surface area contributed by atoms with E-state index in [2.05, 4.69) is 5.32 Å². The van der Waals surface area contributed by atoms with Crippen LogP contribution in [0.25, 0.3) is 0 Å². The highest BCUT2D eigenvalue weighted by Gasteiger charge is 2.25. The standard InChI is InChI=1S/C21H26NO6P/c1-15(29(25,26)27)18-11-8-16(9-12-18)10-13-20(23)22-19(21(24)28-2)14-17-6-4-3-5-7-17/h3-9,11-12,15,19H,10,13-14H2,1-2H3,(H,22,23)(H2,25,26,27)/t15?,19-/m0/s1. The zero-order valence-electron chi connectivity index (χ0n) is 16.4. The Morgan fingerprint density at radius 3 is 2.21 bits per heavy atom. The normalized spacial score (nSPS) is 13.4. The van der Waals surface area contributed by atoms with Gasteiger partial charge in [0.2, 0.25) is 5.91 Å². The number of methoxy groups -OCH3 is 1. The van der Waals surface area contributed by atoms with E-state index < -0.39 is 25.3 Å². The number of hydrogen-bond donors (Lipinski definition) is 3. The summed E-state index contributed by atoms with van der Waals surface area (Å²) in [5.41, 5.74) is 1.44. The molecule has 7 nitrogen and oxygen atoms in total. The third-order valence-electron chi connectivity index (χ3n) is 4.71. The molecule has 29 heavy (non-hydrogen) atoms. The fourth-order valence-electron chi connectivity index (χ4n) is 2.87. The molecule has 0 heterocycles. The highest BCUT2D eigenvalue weighted by atomic mass is 31.2. The summed E-state index contributed by atoms with van der Waals surface area (Å²) >= 11 is 0. The van der Waals surface area contributed by atoms with Crippen LogP contribution in [0, 0.1) is 0 Å². The van der Waals surface area contributed by atoms with Crippen molar-refractivity contribution in [3.8, 4) is 0 Å². The number of amides is 1. The van der Waals surface area contributed by atoms with Gasteiger partial charge in [0.25, 0.3) is 0 Å². The molecular formula is C21H26NO6P. The number of carbonyl (C=O) groups excluding carboxylic acids is 2. The van der Waals surface area contributed by atoms with Gasteiger partial charge in [0.05, 0.1) is 12.8 Å². The molecule has 2 rings (SSSR count). The molecule has 2 aromatic rings. The molecule has 0 bridgehead atoms. The molecule has 0 saturated heterocycles. The zero-order valence-corrected chi connectivity index (χ0v) is 17.3. The van der Waals surface area contributed by atoms with Crippen LogP contribution in [-0.2, 0) is 31.7 Å². The predicted octanol–water partition coefficient (Wildman–Crippen LogP) is 2.76. The molecule has 1 amide bonds. The van der Waals surface area contributed by atoms with Crippen molar-refractivity contribution in [2.75, 3.05) is 7.11 Å². The molecule has 0 saturated carbocycles. The SMILES string of the molecule is COC(=O)[C@H](Cc1ccccc1)NC(=O)CCc1ccc(C(C)P(=O)(O)O)cc1. The number of aryl methyl sites for hydroxylation is 1. The maximum atomic E-state index is 12.3. The third kappa shape index (κ3) is 7.13. The molecule has 0 aliphatic rings. The lowest BCUT2D eigenvalue weighted by Gasteiger charge is -2.17. The molecule has 2 atom stereocenters. The maximum absolute atomic E-state index is 12.3. The number of nitrogens with one attached hydrogen (secondary N) is 1. The van der Waals surface area contributed by atoms with Crippen molar-refractivity contribution >= 4 is 19.5 Å². The second kappa shape index (κ2) is 10.3. The van der Waals surface area contributed by atoms with Crippen LogP contribution in [0.1, 0.15) is 35.7 Å². The summed E-state index contributed by atoms with van der Waals surface area (Å²) < 4.78 is 16.1. The minimum atomic E-state index is -4.19. The predicted molar refractivity (Wildman–Crippen MR) is 109 cm³/mol. The summed E-state index contributed by atoms with van der Waals surface area (Å²) in [7, 11) is -2.91. The monoisotopic (exact) mass is 419 g/mol. The smallest absolute Gasteiger partial charge is 0.332 e. The summed E-state index contributed by atoms with van der Waals surface area (Å²) in [6, 6.07) is 15.4. The topological polar surface area (TPSA) is 113 Å². The van der Waals surface area contributed by atoms with E-state index in [0.29, 0.717) is 18.4 Å². The number of ether oxygens (including phenoxy) is 1. The molecular weight excluding hydrogens is 393 g/mol. The van der Waals surface area contributed by atoms with Gasteiger partial charge >= 0.3 is 13.6 Å². The minimum Gasteiger partial charge on any atom is -0.467 e. The molecule has 0 aliphatic heterocycles. The van der Waals surface area contributed by atoms with Gasteiger partial charge in [0, 0.05) is 12.8 Å². The molecule has 8 heteroatoms. The van der Waals surface area contributed by atoms with Crippen molar-refractivity contribution in [1.29, 1.82) is 0 Å². The van der Waals surface area contributed by atoms with E-state index in [-0.39, 0.29) is 12.3 Å². The van der Waals surface area contributed by atoms with Gasteiger partial charge in [-0.05, 0) is 30.0 Å². The molecule has 0 spiro atoms. The quantitative estimate of drug-likeness (QED) is 0.426. The van der Waals surface area contributed by atoms with Gasteiger partial charge in [-0.15, -0.1) is 0 Å². The lowest BCUT2D eigenvalue weighted by Crippen LogP contribution is -2.43. The zero-order chi connectivity index (χ0) is 21.4. The average molecular weight is 419 g/mol. The van der Waals surface area contributed by atoms with Gasteiger partial charge in [-0.3, -0.25) is 9.36 Å². The van der Waals surface area contributed by atoms with Gasteiger partial charge in [-0.25, -0.2) is 4.79 Å². The molecule has 3 N–H and O–H groups in total. The van der Waals surface area contributed by atoms with Crippen LogP contribution < -0.4 is 5.32 Å². The molecule has 0 fully saturated rings. The van der Waals surface area contributed by atoms with Crippen molar-refractivity contribution in [3.05, 3.63) is 71.3 Å². The number of hydrogen-bond acceptors (Lipinski definition) is 4. The van der Waals surface area contributed by atoms with E-state index in [0.717, 1.165) is 11.1 Å². The lowest BCUT2D eigenvalue weighted by atomic mass is 10.0. The Morgan fingerprint density at radius 2 is 1.66 bits per heavy atom. The molecule has 156 valence electrons. The fourth-order valence-corrected chi connectivity index (χ4v) is 3.43. The Hall–Kier alpha value is -2.47. The van der Waals surface area contributed by atoms with E-state index in [9.17, 15) is 23.9 Å². The van der Waals surface area contributed by atoms with E-state index in [1.165, 1.54) is 14.0 Å². The van der Waals surface area contributed by atoms with E-state index in [1.807, 2.05) is 30.3 Å². The summed E-state index contributed by atoms with van der Waals surface area (Å²) in [6.07, 6.45) is 0.958. The third-order valence-corrected chi connectivity index (χ3v) is 6.02. The lowest BCUT2D eigenvalue weighted by molar-refractivity contribution is -0.145. The highest BCUT2D eigenvalue weighted by Crippen LogP contribution is 2.51. The van der Waals surface area contributed by atoms with E-state index >= 15 is 0 Å². The number of benzene rings is 2. The van der Waals surface area contributed by atoms with Crippen LogP contribution in [0.2, 0.25) is 0 Å². The van der Waals surface area contributed by atoms with Crippen LogP contribution >= 0.6 is 7.60 Å². The van der Waals surface area contributed by atoms with Crippen LogP contribution in [-0.4, -0.2) is 34.8 Å². The summed E-state index contributed by atoms with van der Waals surface area (Å²) in [5.74, 6) is -0.776. The Bertz CT molecular complexity index is 862. The summed E-state index contributed by atoms with van der Waals surface area (Å²) in [4.78, 5) is 42.9. The first-order valence-electron chi connectivity index (χ1n) is 9.26. The second-order valence-corrected chi connectivity index (χ2v) is 8.79. The number of esters is 1. The van der Waals surface area contributed by atoms with Gasteiger partial charge in [-0.2, -0.15) is 0 Å². The largest absolute Gasteiger partial charge is 0.467 e. The number of rotatable bonds is 9. The van der Waals surface area contributed by atoms with Gasteiger partial charge in [0.1, 0.15) is 6.04 Å². The molecule has 1 unspecified atom stereocenters. The highest BCUT2D eigenvalue weighted by molar-refractivity contribution is 7.52. The molecule has 0 aromatic heterocycles. The first-order valence-corrected chi connectivity index (χ1v) is 10.9. The van der Waals surface area contributed by atoms with Crippen molar-refractivity contribution < 1.29 is 28.7 Å². The second-order valence-electron chi connectivity index (χ2n) is 6.84. The van der Waals surface area contributed by atoms with Crippen molar-refractivity contribution in [2.45, 2.75) is 37.9 Å². The fraction of sp³-hybridized carbons (Fsp3) is 0.333.